The van der Waals surface area contributed by atoms with Crippen LogP contribution in [-0.2, 0) is 4.74 Å². The maximum atomic E-state index is 11.4. The average Bonchev–Trinajstić information content (AvgIpc) is 2.30. The van der Waals surface area contributed by atoms with Crippen LogP contribution in [0.5, 0.6) is 0 Å². The van der Waals surface area contributed by atoms with Crippen molar-refractivity contribution in [1.29, 1.82) is 0 Å². The van der Waals surface area contributed by atoms with Gasteiger partial charge in [-0.15, -0.1) is 0 Å². The van der Waals surface area contributed by atoms with Gasteiger partial charge in [-0.1, -0.05) is 18.7 Å². The predicted octanol–water partition coefficient (Wildman–Crippen LogP) is 3.15. The monoisotopic (exact) mass is 253 g/mol. The first kappa shape index (κ1) is 13.6. The molecule has 0 radical (unpaired) electrons. The summed E-state index contributed by atoms with van der Waals surface area (Å²) in [6, 6.07) is 6.62. The summed E-state index contributed by atoms with van der Waals surface area (Å²) in [5.74, 6) is 0.375. The second kappa shape index (κ2) is 6.96. The standard InChI is InChI=1S/C12H15NO3S/c1-3-16-11(14)9-5-7-10(8-6-9)13-12(15)17-4-2/h5-8H,3-4H2,1-2H3,(H,13,15). The molecular formula is C12H15NO3S. The maximum Gasteiger partial charge on any atom is 0.338 e. The number of carbonyl (C=O) groups is 2. The van der Waals surface area contributed by atoms with E-state index in [9.17, 15) is 9.59 Å². The largest absolute Gasteiger partial charge is 0.462 e. The summed E-state index contributed by atoms with van der Waals surface area (Å²) in [5.41, 5.74) is 1.15. The van der Waals surface area contributed by atoms with E-state index in [0.29, 0.717) is 17.9 Å². The number of carbonyl (C=O) groups excluding carboxylic acids is 2. The number of thioether (sulfide) groups is 1. The molecule has 0 saturated heterocycles. The fraction of sp³-hybridized carbons (Fsp3) is 0.333. The van der Waals surface area contributed by atoms with E-state index in [2.05, 4.69) is 5.32 Å². The van der Waals surface area contributed by atoms with Crippen LogP contribution in [0.3, 0.4) is 0 Å². The van der Waals surface area contributed by atoms with E-state index in [0.717, 1.165) is 5.75 Å². The zero-order valence-corrected chi connectivity index (χ0v) is 10.7. The van der Waals surface area contributed by atoms with Gasteiger partial charge in [-0.05, 0) is 36.9 Å². The molecule has 0 aliphatic rings. The van der Waals surface area contributed by atoms with E-state index in [1.807, 2.05) is 6.92 Å². The Balaban J connectivity index is 2.61. The molecule has 0 saturated carbocycles. The normalized spacial score (nSPS) is 9.76. The van der Waals surface area contributed by atoms with Gasteiger partial charge in [0.15, 0.2) is 0 Å². The lowest BCUT2D eigenvalue weighted by Crippen LogP contribution is -2.07. The van der Waals surface area contributed by atoms with Crippen molar-refractivity contribution < 1.29 is 14.3 Å². The fourth-order valence-electron chi connectivity index (χ4n) is 1.19. The minimum Gasteiger partial charge on any atom is -0.462 e. The molecule has 1 rings (SSSR count). The van der Waals surface area contributed by atoms with Gasteiger partial charge in [0.1, 0.15) is 0 Å². The van der Waals surface area contributed by atoms with Gasteiger partial charge in [-0.25, -0.2) is 4.79 Å². The van der Waals surface area contributed by atoms with Gasteiger partial charge in [0.2, 0.25) is 0 Å². The highest BCUT2D eigenvalue weighted by atomic mass is 32.2. The van der Waals surface area contributed by atoms with E-state index in [4.69, 9.17) is 4.74 Å². The summed E-state index contributed by atoms with van der Waals surface area (Å²) in [4.78, 5) is 22.7. The predicted molar refractivity (Wildman–Crippen MR) is 69.5 cm³/mol. The molecule has 0 spiro atoms. The van der Waals surface area contributed by atoms with Crippen LogP contribution in [0.4, 0.5) is 10.5 Å². The molecule has 0 aromatic heterocycles. The zero-order valence-electron chi connectivity index (χ0n) is 9.86. The Bertz CT molecular complexity index is 389. The summed E-state index contributed by atoms with van der Waals surface area (Å²) >= 11 is 1.20. The minimum atomic E-state index is -0.353. The summed E-state index contributed by atoms with van der Waals surface area (Å²) in [7, 11) is 0. The van der Waals surface area contributed by atoms with Crippen LogP contribution >= 0.6 is 11.8 Å². The molecule has 92 valence electrons. The number of nitrogens with one attached hydrogen (secondary N) is 1. The minimum absolute atomic E-state index is 0.101. The third kappa shape index (κ3) is 4.48. The van der Waals surface area contributed by atoms with Gasteiger partial charge in [-0.2, -0.15) is 0 Å². The second-order valence-corrected chi connectivity index (χ2v) is 4.38. The molecule has 1 aromatic carbocycles. The van der Waals surface area contributed by atoms with E-state index in [1.165, 1.54) is 11.8 Å². The SMILES string of the molecule is CCOC(=O)c1ccc(NC(=O)SCC)cc1. The molecule has 17 heavy (non-hydrogen) atoms. The highest BCUT2D eigenvalue weighted by molar-refractivity contribution is 8.13. The molecule has 0 unspecified atom stereocenters. The van der Waals surface area contributed by atoms with Crippen LogP contribution in [0.2, 0.25) is 0 Å². The van der Waals surface area contributed by atoms with Crippen molar-refractivity contribution in [2.24, 2.45) is 0 Å². The first-order valence-electron chi connectivity index (χ1n) is 5.38. The van der Waals surface area contributed by atoms with Gasteiger partial charge in [-0.3, -0.25) is 4.79 Å². The van der Waals surface area contributed by atoms with Crippen molar-refractivity contribution >= 4 is 28.7 Å². The Labute approximate surface area is 105 Å². The number of hydrogen-bond acceptors (Lipinski definition) is 4. The molecule has 1 N–H and O–H groups in total. The van der Waals surface area contributed by atoms with Crippen LogP contribution in [0.1, 0.15) is 24.2 Å². The Morgan fingerprint density at radius 3 is 2.41 bits per heavy atom. The molecule has 5 heteroatoms. The lowest BCUT2D eigenvalue weighted by Gasteiger charge is -2.05. The molecule has 0 aliphatic heterocycles. The first-order chi connectivity index (χ1) is 8.17. The first-order valence-corrected chi connectivity index (χ1v) is 6.37. The molecular weight excluding hydrogens is 238 g/mol. The van der Waals surface area contributed by atoms with Gasteiger partial charge in [0.05, 0.1) is 12.2 Å². The van der Waals surface area contributed by atoms with E-state index >= 15 is 0 Å². The number of hydrogen-bond donors (Lipinski definition) is 1. The van der Waals surface area contributed by atoms with Crippen LogP contribution in [-0.4, -0.2) is 23.6 Å². The van der Waals surface area contributed by atoms with Crippen LogP contribution in [0.25, 0.3) is 0 Å². The van der Waals surface area contributed by atoms with Crippen molar-refractivity contribution in [3.8, 4) is 0 Å². The fourth-order valence-corrected chi connectivity index (χ4v) is 1.64. The van der Waals surface area contributed by atoms with Gasteiger partial charge < -0.3 is 10.1 Å². The molecule has 4 nitrogen and oxygen atoms in total. The lowest BCUT2D eigenvalue weighted by molar-refractivity contribution is 0.0526. The quantitative estimate of drug-likeness (QED) is 0.837. The van der Waals surface area contributed by atoms with Crippen LogP contribution in [0, 0.1) is 0 Å². The Morgan fingerprint density at radius 2 is 1.88 bits per heavy atom. The molecule has 1 amide bonds. The molecule has 0 fully saturated rings. The van der Waals surface area contributed by atoms with Crippen molar-refractivity contribution in [1.82, 2.24) is 0 Å². The maximum absolute atomic E-state index is 11.4. The highest BCUT2D eigenvalue weighted by Crippen LogP contribution is 2.13. The van der Waals surface area contributed by atoms with E-state index in [-0.39, 0.29) is 11.2 Å². The van der Waals surface area contributed by atoms with Crippen molar-refractivity contribution in [3.63, 3.8) is 0 Å². The number of amides is 1. The summed E-state index contributed by atoms with van der Waals surface area (Å²) in [5, 5.41) is 2.61. The van der Waals surface area contributed by atoms with Gasteiger partial charge in [0.25, 0.3) is 5.24 Å². The van der Waals surface area contributed by atoms with Gasteiger partial charge >= 0.3 is 5.97 Å². The highest BCUT2D eigenvalue weighted by Gasteiger charge is 2.06. The number of anilines is 1. The summed E-state index contributed by atoms with van der Waals surface area (Å²) < 4.78 is 4.86. The third-order valence-corrected chi connectivity index (χ3v) is 2.57. The van der Waals surface area contributed by atoms with Crippen molar-refractivity contribution in [2.75, 3.05) is 17.7 Å². The lowest BCUT2D eigenvalue weighted by atomic mass is 10.2. The second-order valence-electron chi connectivity index (χ2n) is 3.14. The smallest absolute Gasteiger partial charge is 0.338 e. The summed E-state index contributed by atoms with van der Waals surface area (Å²) in [6.45, 7) is 4.02. The number of benzene rings is 1. The Kier molecular flexibility index (Phi) is 5.56. The number of rotatable bonds is 4. The third-order valence-electron chi connectivity index (χ3n) is 1.92. The van der Waals surface area contributed by atoms with Gasteiger partial charge in [0, 0.05) is 5.69 Å². The molecule has 0 heterocycles. The molecule has 0 atom stereocenters. The van der Waals surface area contributed by atoms with E-state index in [1.54, 1.807) is 31.2 Å². The van der Waals surface area contributed by atoms with Crippen molar-refractivity contribution in [2.45, 2.75) is 13.8 Å². The summed E-state index contributed by atoms with van der Waals surface area (Å²) in [6.07, 6.45) is 0. The number of ether oxygens (including phenoxy) is 1. The van der Waals surface area contributed by atoms with Crippen molar-refractivity contribution in [3.05, 3.63) is 29.8 Å². The molecule has 0 bridgehead atoms. The topological polar surface area (TPSA) is 55.4 Å². The average molecular weight is 253 g/mol. The van der Waals surface area contributed by atoms with Crippen LogP contribution < -0.4 is 5.32 Å². The van der Waals surface area contributed by atoms with E-state index < -0.39 is 0 Å². The zero-order chi connectivity index (χ0) is 12.7. The number of esters is 1. The Morgan fingerprint density at radius 1 is 1.24 bits per heavy atom. The van der Waals surface area contributed by atoms with Crippen LogP contribution in [0.15, 0.2) is 24.3 Å². The Hall–Kier alpha value is -1.49. The molecule has 0 aliphatic carbocycles. The molecule has 1 aromatic rings.